The van der Waals surface area contributed by atoms with Gasteiger partial charge in [0, 0.05) is 51.0 Å². The summed E-state index contributed by atoms with van der Waals surface area (Å²) in [4.78, 5) is 28.5. The second-order valence-electron chi connectivity index (χ2n) is 7.18. The van der Waals surface area contributed by atoms with Gasteiger partial charge in [0.2, 0.25) is 5.91 Å². The predicted octanol–water partition coefficient (Wildman–Crippen LogP) is 2.11. The van der Waals surface area contributed by atoms with Crippen LogP contribution in [-0.4, -0.2) is 61.4 Å². The quantitative estimate of drug-likeness (QED) is 0.806. The molecule has 148 valence electrons. The minimum atomic E-state index is -0.138. The van der Waals surface area contributed by atoms with Gasteiger partial charge in [-0.25, -0.2) is 0 Å². The smallest absolute Gasteiger partial charge is 0.251 e. The normalized spacial score (nSPS) is 15.2. The van der Waals surface area contributed by atoms with Crippen LogP contribution < -0.4 is 10.6 Å². The number of nitrogens with one attached hydrogen (secondary N) is 2. The molecule has 0 radical (unpaired) electrons. The highest BCUT2D eigenvalue weighted by atomic mass is 16.2. The first-order valence-electron chi connectivity index (χ1n) is 9.66. The van der Waals surface area contributed by atoms with Gasteiger partial charge in [0.05, 0.1) is 6.54 Å². The third-order valence-electron chi connectivity index (χ3n) is 5.15. The van der Waals surface area contributed by atoms with Crippen molar-refractivity contribution in [3.05, 3.63) is 65.2 Å². The van der Waals surface area contributed by atoms with Crippen molar-refractivity contribution in [3.63, 3.8) is 0 Å². The van der Waals surface area contributed by atoms with Crippen molar-refractivity contribution in [3.8, 4) is 0 Å². The molecule has 0 aliphatic carbocycles. The topological polar surface area (TPSA) is 64.7 Å². The summed E-state index contributed by atoms with van der Waals surface area (Å²) in [6.45, 7) is 7.19. The van der Waals surface area contributed by atoms with E-state index in [0.29, 0.717) is 17.8 Å². The standard InChI is InChI=1S/C22H28N4O2/c1-17-5-3-4-6-19(17)15-25-11-13-26(14-12-25)16-21(27)24-20-9-7-18(8-10-20)22(28)23-2/h3-10H,11-16H2,1-2H3,(H,23,28)(H,24,27). The van der Waals surface area contributed by atoms with Crippen LogP contribution in [0, 0.1) is 6.92 Å². The molecule has 0 bridgehead atoms. The molecule has 0 unspecified atom stereocenters. The van der Waals surface area contributed by atoms with Crippen LogP contribution in [-0.2, 0) is 11.3 Å². The van der Waals surface area contributed by atoms with Gasteiger partial charge in [0.1, 0.15) is 0 Å². The maximum atomic E-state index is 12.3. The third kappa shape index (κ3) is 5.41. The van der Waals surface area contributed by atoms with Crippen LogP contribution in [0.3, 0.4) is 0 Å². The molecule has 0 atom stereocenters. The van der Waals surface area contributed by atoms with Crippen molar-refractivity contribution in [2.24, 2.45) is 0 Å². The van der Waals surface area contributed by atoms with E-state index in [-0.39, 0.29) is 11.8 Å². The lowest BCUT2D eigenvalue weighted by Crippen LogP contribution is -2.48. The van der Waals surface area contributed by atoms with Crippen LogP contribution in [0.5, 0.6) is 0 Å². The molecule has 2 aromatic carbocycles. The zero-order chi connectivity index (χ0) is 19.9. The number of carbonyl (C=O) groups is 2. The van der Waals surface area contributed by atoms with Crippen LogP contribution in [0.2, 0.25) is 0 Å². The molecular weight excluding hydrogens is 352 g/mol. The highest BCUT2D eigenvalue weighted by molar-refractivity contribution is 5.96. The van der Waals surface area contributed by atoms with Crippen LogP contribution in [0.15, 0.2) is 48.5 Å². The zero-order valence-corrected chi connectivity index (χ0v) is 16.6. The number of rotatable bonds is 6. The number of nitrogens with zero attached hydrogens (tertiary/aromatic N) is 2. The number of hydrogen-bond donors (Lipinski definition) is 2. The maximum absolute atomic E-state index is 12.3. The minimum absolute atomic E-state index is 0.0277. The fraction of sp³-hybridized carbons (Fsp3) is 0.364. The monoisotopic (exact) mass is 380 g/mol. The largest absolute Gasteiger partial charge is 0.355 e. The average molecular weight is 380 g/mol. The number of hydrogen-bond acceptors (Lipinski definition) is 4. The fourth-order valence-corrected chi connectivity index (χ4v) is 3.39. The number of carbonyl (C=O) groups excluding carboxylic acids is 2. The predicted molar refractivity (Wildman–Crippen MR) is 111 cm³/mol. The molecule has 2 amide bonds. The van der Waals surface area contributed by atoms with E-state index in [0.717, 1.165) is 32.7 Å². The van der Waals surface area contributed by atoms with Crippen molar-refractivity contribution in [2.45, 2.75) is 13.5 Å². The van der Waals surface area contributed by atoms with E-state index in [1.165, 1.54) is 11.1 Å². The van der Waals surface area contributed by atoms with E-state index in [4.69, 9.17) is 0 Å². The lowest BCUT2D eigenvalue weighted by Gasteiger charge is -2.34. The number of aryl methyl sites for hydroxylation is 1. The fourth-order valence-electron chi connectivity index (χ4n) is 3.39. The molecule has 1 saturated heterocycles. The van der Waals surface area contributed by atoms with Gasteiger partial charge >= 0.3 is 0 Å². The van der Waals surface area contributed by atoms with Gasteiger partial charge in [-0.3, -0.25) is 19.4 Å². The number of benzene rings is 2. The lowest BCUT2D eigenvalue weighted by molar-refractivity contribution is -0.117. The van der Waals surface area contributed by atoms with Crippen molar-refractivity contribution >= 4 is 17.5 Å². The molecule has 3 rings (SSSR count). The molecule has 0 saturated carbocycles. The summed E-state index contributed by atoms with van der Waals surface area (Å²) < 4.78 is 0. The Morgan fingerprint density at radius 3 is 2.21 bits per heavy atom. The van der Waals surface area contributed by atoms with E-state index in [2.05, 4.69) is 51.6 Å². The number of piperazine rings is 1. The van der Waals surface area contributed by atoms with E-state index >= 15 is 0 Å². The Morgan fingerprint density at radius 1 is 0.929 bits per heavy atom. The Morgan fingerprint density at radius 2 is 1.57 bits per heavy atom. The second-order valence-corrected chi connectivity index (χ2v) is 7.18. The van der Waals surface area contributed by atoms with Gasteiger partial charge in [-0.2, -0.15) is 0 Å². The first kappa shape index (κ1) is 20.0. The van der Waals surface area contributed by atoms with Gasteiger partial charge < -0.3 is 10.6 Å². The molecule has 1 fully saturated rings. The van der Waals surface area contributed by atoms with Crippen molar-refractivity contribution in [2.75, 3.05) is 45.1 Å². The first-order valence-corrected chi connectivity index (χ1v) is 9.66. The third-order valence-corrected chi connectivity index (χ3v) is 5.15. The maximum Gasteiger partial charge on any atom is 0.251 e. The number of amides is 2. The Balaban J connectivity index is 1.43. The Kier molecular flexibility index (Phi) is 6.79. The zero-order valence-electron chi connectivity index (χ0n) is 16.6. The highest BCUT2D eigenvalue weighted by Gasteiger charge is 2.19. The molecule has 1 aliphatic heterocycles. The molecule has 6 heteroatoms. The molecule has 2 N–H and O–H groups in total. The van der Waals surface area contributed by atoms with Gasteiger partial charge in [-0.1, -0.05) is 24.3 Å². The van der Waals surface area contributed by atoms with Crippen LogP contribution >= 0.6 is 0 Å². The molecule has 0 spiro atoms. The molecule has 6 nitrogen and oxygen atoms in total. The minimum Gasteiger partial charge on any atom is -0.355 e. The summed E-state index contributed by atoms with van der Waals surface area (Å²) in [5.41, 5.74) is 3.97. The summed E-state index contributed by atoms with van der Waals surface area (Å²) in [5, 5.41) is 5.49. The summed E-state index contributed by atoms with van der Waals surface area (Å²) in [5.74, 6) is -0.165. The molecule has 2 aromatic rings. The Bertz CT molecular complexity index is 812. The SMILES string of the molecule is CNC(=O)c1ccc(NC(=O)CN2CCN(Cc3ccccc3C)CC2)cc1. The molecular formula is C22H28N4O2. The molecule has 1 aliphatic rings. The Hall–Kier alpha value is -2.70. The van der Waals surface area contributed by atoms with Crippen LogP contribution in [0.4, 0.5) is 5.69 Å². The van der Waals surface area contributed by atoms with E-state index in [1.807, 2.05) is 0 Å². The van der Waals surface area contributed by atoms with Gasteiger partial charge in [-0.15, -0.1) is 0 Å². The molecule has 28 heavy (non-hydrogen) atoms. The number of anilines is 1. The van der Waals surface area contributed by atoms with E-state index < -0.39 is 0 Å². The van der Waals surface area contributed by atoms with Crippen molar-refractivity contribution in [1.82, 2.24) is 15.1 Å². The van der Waals surface area contributed by atoms with E-state index in [1.54, 1.807) is 31.3 Å². The average Bonchev–Trinajstić information content (AvgIpc) is 2.71. The van der Waals surface area contributed by atoms with Crippen LogP contribution in [0.25, 0.3) is 0 Å². The summed E-state index contributed by atoms with van der Waals surface area (Å²) >= 11 is 0. The summed E-state index contributed by atoms with van der Waals surface area (Å²) in [6.07, 6.45) is 0. The highest BCUT2D eigenvalue weighted by Crippen LogP contribution is 2.13. The molecule has 1 heterocycles. The van der Waals surface area contributed by atoms with Crippen LogP contribution in [0.1, 0.15) is 21.5 Å². The molecule has 0 aromatic heterocycles. The van der Waals surface area contributed by atoms with Gasteiger partial charge in [-0.05, 0) is 42.3 Å². The first-order chi connectivity index (χ1) is 13.5. The van der Waals surface area contributed by atoms with E-state index in [9.17, 15) is 9.59 Å². The van der Waals surface area contributed by atoms with Crippen molar-refractivity contribution < 1.29 is 9.59 Å². The van der Waals surface area contributed by atoms with Gasteiger partial charge in [0.25, 0.3) is 5.91 Å². The summed E-state index contributed by atoms with van der Waals surface area (Å²) in [6, 6.07) is 15.4. The second kappa shape index (κ2) is 9.48. The van der Waals surface area contributed by atoms with Crippen molar-refractivity contribution in [1.29, 1.82) is 0 Å². The lowest BCUT2D eigenvalue weighted by atomic mass is 10.1. The Labute approximate surface area is 166 Å². The summed E-state index contributed by atoms with van der Waals surface area (Å²) in [7, 11) is 1.60. The van der Waals surface area contributed by atoms with Gasteiger partial charge in [0.15, 0.2) is 0 Å².